The first kappa shape index (κ1) is 12.7. The molecule has 1 amide bonds. The van der Waals surface area contributed by atoms with Crippen LogP contribution in [0.3, 0.4) is 0 Å². The smallest absolute Gasteiger partial charge is 0.216 e. The van der Waals surface area contributed by atoms with Crippen LogP contribution in [-0.2, 0) is 17.6 Å². The molecule has 3 heteroatoms. The van der Waals surface area contributed by atoms with Crippen molar-refractivity contribution in [1.29, 1.82) is 0 Å². The zero-order chi connectivity index (χ0) is 11.8. The molecular weight excluding hydrogens is 200 g/mol. The largest absolute Gasteiger partial charge is 0.356 e. The number of aryl methyl sites for hydroxylation is 1. The Kier molecular flexibility index (Phi) is 5.57. The summed E-state index contributed by atoms with van der Waals surface area (Å²) in [4.78, 5) is 10.6. The van der Waals surface area contributed by atoms with Crippen LogP contribution in [0.5, 0.6) is 0 Å². The summed E-state index contributed by atoms with van der Waals surface area (Å²) in [5.41, 5.74) is 8.08. The number of hydrogen-bond donors (Lipinski definition) is 2. The molecule has 1 aromatic rings. The minimum atomic E-state index is 0.0401. The minimum Gasteiger partial charge on any atom is -0.356 e. The second kappa shape index (κ2) is 7.01. The van der Waals surface area contributed by atoms with Crippen molar-refractivity contribution in [1.82, 2.24) is 5.32 Å². The summed E-state index contributed by atoms with van der Waals surface area (Å²) in [6.45, 7) is 2.99. The third-order valence-electron chi connectivity index (χ3n) is 2.47. The molecule has 0 bridgehead atoms. The van der Waals surface area contributed by atoms with Gasteiger partial charge in [-0.3, -0.25) is 4.79 Å². The van der Waals surface area contributed by atoms with E-state index in [0.29, 0.717) is 6.54 Å². The Morgan fingerprint density at radius 1 is 1.19 bits per heavy atom. The van der Waals surface area contributed by atoms with E-state index in [-0.39, 0.29) is 5.91 Å². The molecule has 0 spiro atoms. The van der Waals surface area contributed by atoms with Crippen molar-refractivity contribution in [3.05, 3.63) is 35.4 Å². The van der Waals surface area contributed by atoms with Crippen molar-refractivity contribution in [2.24, 2.45) is 5.73 Å². The van der Waals surface area contributed by atoms with Crippen LogP contribution in [-0.4, -0.2) is 19.0 Å². The van der Waals surface area contributed by atoms with Crippen molar-refractivity contribution in [3.63, 3.8) is 0 Å². The third kappa shape index (κ3) is 4.94. The van der Waals surface area contributed by atoms with Crippen LogP contribution in [0.4, 0.5) is 0 Å². The van der Waals surface area contributed by atoms with Gasteiger partial charge in [-0.15, -0.1) is 0 Å². The molecule has 0 fully saturated rings. The lowest BCUT2D eigenvalue weighted by atomic mass is 10.1. The summed E-state index contributed by atoms with van der Waals surface area (Å²) in [5.74, 6) is 0.0401. The first-order chi connectivity index (χ1) is 7.72. The maximum atomic E-state index is 10.6. The summed E-state index contributed by atoms with van der Waals surface area (Å²) in [6, 6.07) is 8.53. The molecule has 16 heavy (non-hydrogen) atoms. The zero-order valence-corrected chi connectivity index (χ0v) is 9.83. The predicted octanol–water partition coefficient (Wildman–Crippen LogP) is 1.26. The highest BCUT2D eigenvalue weighted by atomic mass is 16.1. The van der Waals surface area contributed by atoms with Gasteiger partial charge >= 0.3 is 0 Å². The fraction of sp³-hybridized carbons (Fsp3) is 0.462. The second-order valence-electron chi connectivity index (χ2n) is 3.94. The molecule has 0 heterocycles. The Morgan fingerprint density at radius 3 is 2.25 bits per heavy atom. The predicted molar refractivity (Wildman–Crippen MR) is 66.2 cm³/mol. The van der Waals surface area contributed by atoms with Gasteiger partial charge in [0, 0.05) is 13.5 Å². The zero-order valence-electron chi connectivity index (χ0n) is 9.83. The number of rotatable bonds is 6. The van der Waals surface area contributed by atoms with E-state index in [0.717, 1.165) is 25.8 Å². The van der Waals surface area contributed by atoms with Gasteiger partial charge in [0.2, 0.25) is 5.91 Å². The van der Waals surface area contributed by atoms with E-state index in [2.05, 4.69) is 29.6 Å². The van der Waals surface area contributed by atoms with Gasteiger partial charge in [-0.25, -0.2) is 0 Å². The summed E-state index contributed by atoms with van der Waals surface area (Å²) < 4.78 is 0. The molecular formula is C13H20N2O. The lowest BCUT2D eigenvalue weighted by Crippen LogP contribution is -2.21. The monoisotopic (exact) mass is 220 g/mol. The number of carbonyl (C=O) groups is 1. The normalized spacial score (nSPS) is 10.1. The number of hydrogen-bond acceptors (Lipinski definition) is 2. The van der Waals surface area contributed by atoms with Crippen LogP contribution in [0.25, 0.3) is 0 Å². The third-order valence-corrected chi connectivity index (χ3v) is 2.47. The molecule has 3 nitrogen and oxygen atoms in total. The molecule has 0 unspecified atom stereocenters. The van der Waals surface area contributed by atoms with E-state index < -0.39 is 0 Å². The van der Waals surface area contributed by atoms with E-state index in [9.17, 15) is 4.79 Å². The van der Waals surface area contributed by atoms with Crippen molar-refractivity contribution < 1.29 is 4.79 Å². The van der Waals surface area contributed by atoms with Gasteiger partial charge in [-0.1, -0.05) is 24.3 Å². The molecule has 3 N–H and O–H groups in total. The molecule has 0 radical (unpaired) electrons. The Morgan fingerprint density at radius 2 is 1.75 bits per heavy atom. The van der Waals surface area contributed by atoms with Gasteiger partial charge in [0.25, 0.3) is 0 Å². The topological polar surface area (TPSA) is 55.1 Å². The van der Waals surface area contributed by atoms with E-state index >= 15 is 0 Å². The summed E-state index contributed by atoms with van der Waals surface area (Å²) in [7, 11) is 0. The summed E-state index contributed by atoms with van der Waals surface area (Å²) in [6.07, 6.45) is 2.92. The van der Waals surface area contributed by atoms with Crippen molar-refractivity contribution in [2.75, 3.05) is 13.1 Å². The fourth-order valence-corrected chi connectivity index (χ4v) is 1.60. The molecule has 0 aromatic heterocycles. The van der Waals surface area contributed by atoms with Crippen molar-refractivity contribution >= 4 is 5.91 Å². The SMILES string of the molecule is CC(=O)NCCCc1ccc(CCN)cc1. The number of nitrogens with two attached hydrogens (primary N) is 1. The highest BCUT2D eigenvalue weighted by molar-refractivity contribution is 5.72. The van der Waals surface area contributed by atoms with Crippen LogP contribution < -0.4 is 11.1 Å². The maximum absolute atomic E-state index is 10.6. The lowest BCUT2D eigenvalue weighted by Gasteiger charge is -2.04. The lowest BCUT2D eigenvalue weighted by molar-refractivity contribution is -0.118. The van der Waals surface area contributed by atoms with E-state index in [1.165, 1.54) is 11.1 Å². The highest BCUT2D eigenvalue weighted by Crippen LogP contribution is 2.06. The Labute approximate surface area is 97.0 Å². The van der Waals surface area contributed by atoms with Gasteiger partial charge < -0.3 is 11.1 Å². The standard InChI is InChI=1S/C13H20N2O/c1-11(16)15-10-2-3-12-4-6-13(7-5-12)8-9-14/h4-7H,2-3,8-10,14H2,1H3,(H,15,16). The van der Waals surface area contributed by atoms with Crippen LogP contribution >= 0.6 is 0 Å². The molecule has 0 aliphatic rings. The van der Waals surface area contributed by atoms with Crippen molar-refractivity contribution in [2.45, 2.75) is 26.2 Å². The van der Waals surface area contributed by atoms with Crippen LogP contribution in [0, 0.1) is 0 Å². The first-order valence-electron chi connectivity index (χ1n) is 5.74. The molecule has 88 valence electrons. The summed E-state index contributed by atoms with van der Waals surface area (Å²) >= 11 is 0. The highest BCUT2D eigenvalue weighted by Gasteiger charge is 1.95. The fourth-order valence-electron chi connectivity index (χ4n) is 1.60. The summed E-state index contributed by atoms with van der Waals surface area (Å²) in [5, 5.41) is 2.79. The Hall–Kier alpha value is -1.35. The van der Waals surface area contributed by atoms with E-state index in [1.54, 1.807) is 6.92 Å². The van der Waals surface area contributed by atoms with Gasteiger partial charge in [0.15, 0.2) is 0 Å². The maximum Gasteiger partial charge on any atom is 0.216 e. The van der Waals surface area contributed by atoms with Gasteiger partial charge in [0.1, 0.15) is 0 Å². The molecule has 0 atom stereocenters. The molecule has 1 aromatic carbocycles. The second-order valence-corrected chi connectivity index (χ2v) is 3.94. The van der Waals surface area contributed by atoms with Crippen molar-refractivity contribution in [3.8, 4) is 0 Å². The van der Waals surface area contributed by atoms with Crippen LogP contribution in [0.2, 0.25) is 0 Å². The van der Waals surface area contributed by atoms with Gasteiger partial charge in [0.05, 0.1) is 0 Å². The average molecular weight is 220 g/mol. The quantitative estimate of drug-likeness (QED) is 0.709. The molecule has 0 aliphatic carbocycles. The van der Waals surface area contributed by atoms with Gasteiger partial charge in [-0.05, 0) is 36.9 Å². The Bertz CT molecular complexity index is 319. The van der Waals surface area contributed by atoms with Crippen LogP contribution in [0.15, 0.2) is 24.3 Å². The van der Waals surface area contributed by atoms with Crippen LogP contribution in [0.1, 0.15) is 24.5 Å². The average Bonchev–Trinajstić information content (AvgIpc) is 2.27. The first-order valence-corrected chi connectivity index (χ1v) is 5.74. The number of amides is 1. The van der Waals surface area contributed by atoms with E-state index in [4.69, 9.17) is 5.73 Å². The van der Waals surface area contributed by atoms with Gasteiger partial charge in [-0.2, -0.15) is 0 Å². The Balaban J connectivity index is 2.29. The molecule has 0 saturated carbocycles. The van der Waals surface area contributed by atoms with E-state index in [1.807, 2.05) is 0 Å². The minimum absolute atomic E-state index is 0.0401. The molecule has 1 rings (SSSR count). The number of carbonyl (C=O) groups excluding carboxylic acids is 1. The molecule has 0 saturated heterocycles. The number of nitrogens with one attached hydrogen (secondary N) is 1. The number of benzene rings is 1. The molecule has 0 aliphatic heterocycles.